The highest BCUT2D eigenvalue weighted by Crippen LogP contribution is 1.95. The number of esters is 1. The molecule has 0 spiro atoms. The number of amides is 1. The van der Waals surface area contributed by atoms with E-state index in [1.54, 1.807) is 18.3 Å². The minimum Gasteiger partial charge on any atom is -0.444 e. The molecule has 0 aromatic carbocycles. The van der Waals surface area contributed by atoms with Gasteiger partial charge in [0.2, 0.25) is 0 Å². The average Bonchev–Trinajstić information content (AvgIpc) is 2.30. The summed E-state index contributed by atoms with van der Waals surface area (Å²) in [5, 5.41) is 2.47. The van der Waals surface area contributed by atoms with Gasteiger partial charge in [0, 0.05) is 18.8 Å². The lowest BCUT2D eigenvalue weighted by Crippen LogP contribution is -2.27. The van der Waals surface area contributed by atoms with Gasteiger partial charge in [0.25, 0.3) is 5.91 Å². The van der Waals surface area contributed by atoms with Crippen LogP contribution >= 0.6 is 0 Å². The Bertz CT molecular complexity index is 352. The van der Waals surface area contributed by atoms with Crippen LogP contribution in [0.4, 0.5) is 0 Å². The molecule has 0 saturated heterocycles. The number of ether oxygens (including phenoxy) is 1. The first-order valence-corrected chi connectivity index (χ1v) is 5.08. The number of nitrogens with zero attached hydrogens (tertiary/aromatic N) is 1. The fourth-order valence-corrected chi connectivity index (χ4v) is 1.06. The molecule has 0 saturated carbocycles. The fraction of sp³-hybridized carbons (Fsp3) is 0.364. The van der Waals surface area contributed by atoms with Crippen molar-refractivity contribution in [1.82, 2.24) is 10.3 Å². The largest absolute Gasteiger partial charge is 0.444 e. The standard InChI is InChI=1S/C11H14N2O3/c1-2-4-10(14)16-8-13-11(15)9-5-3-6-12-7-9/h3,5-7H,2,4,8H2,1H3,(H,13,15). The number of hydrogen-bond acceptors (Lipinski definition) is 4. The topological polar surface area (TPSA) is 68.3 Å². The zero-order valence-electron chi connectivity index (χ0n) is 9.10. The SMILES string of the molecule is CCCC(=O)OCNC(=O)c1cccnc1. The van der Waals surface area contributed by atoms with Crippen LogP contribution in [0, 0.1) is 0 Å². The van der Waals surface area contributed by atoms with Crippen molar-refractivity contribution < 1.29 is 14.3 Å². The van der Waals surface area contributed by atoms with E-state index in [9.17, 15) is 9.59 Å². The van der Waals surface area contributed by atoms with Crippen molar-refractivity contribution in [2.24, 2.45) is 0 Å². The van der Waals surface area contributed by atoms with Gasteiger partial charge in [0.05, 0.1) is 5.56 Å². The van der Waals surface area contributed by atoms with Gasteiger partial charge < -0.3 is 10.1 Å². The van der Waals surface area contributed by atoms with E-state index in [1.165, 1.54) is 6.20 Å². The molecule has 1 aromatic rings. The van der Waals surface area contributed by atoms with Crippen LogP contribution in [0.1, 0.15) is 30.1 Å². The molecule has 86 valence electrons. The maximum absolute atomic E-state index is 11.4. The summed E-state index contributed by atoms with van der Waals surface area (Å²) in [6.45, 7) is 1.78. The molecule has 5 heteroatoms. The smallest absolute Gasteiger partial charge is 0.307 e. The molecule has 0 bridgehead atoms. The summed E-state index contributed by atoms with van der Waals surface area (Å²) < 4.78 is 4.78. The van der Waals surface area contributed by atoms with Gasteiger partial charge in [0.1, 0.15) is 0 Å². The summed E-state index contributed by atoms with van der Waals surface area (Å²) in [5.41, 5.74) is 0.439. The first-order valence-electron chi connectivity index (χ1n) is 5.08. The van der Waals surface area contributed by atoms with Crippen molar-refractivity contribution in [2.45, 2.75) is 19.8 Å². The second kappa shape index (κ2) is 6.55. The van der Waals surface area contributed by atoms with Crippen molar-refractivity contribution in [2.75, 3.05) is 6.73 Å². The first kappa shape index (κ1) is 12.2. The molecule has 1 N–H and O–H groups in total. The minimum absolute atomic E-state index is 0.105. The summed E-state index contributed by atoms with van der Waals surface area (Å²) in [6.07, 6.45) is 4.12. The third-order valence-electron chi connectivity index (χ3n) is 1.84. The molecule has 0 aliphatic rings. The summed E-state index contributed by atoms with van der Waals surface area (Å²) in [6, 6.07) is 3.30. The fourth-order valence-electron chi connectivity index (χ4n) is 1.06. The van der Waals surface area contributed by atoms with Crippen molar-refractivity contribution >= 4 is 11.9 Å². The van der Waals surface area contributed by atoms with E-state index < -0.39 is 0 Å². The number of aromatic nitrogens is 1. The van der Waals surface area contributed by atoms with Gasteiger partial charge in [0.15, 0.2) is 6.73 Å². The van der Waals surface area contributed by atoms with E-state index in [0.717, 1.165) is 6.42 Å². The predicted octanol–water partition coefficient (Wildman–Crippen LogP) is 1.11. The lowest BCUT2D eigenvalue weighted by Gasteiger charge is -2.05. The zero-order chi connectivity index (χ0) is 11.8. The van der Waals surface area contributed by atoms with Gasteiger partial charge in [-0.05, 0) is 18.6 Å². The van der Waals surface area contributed by atoms with Crippen LogP contribution in [-0.4, -0.2) is 23.6 Å². The Balaban J connectivity index is 2.29. The van der Waals surface area contributed by atoms with E-state index in [-0.39, 0.29) is 18.6 Å². The van der Waals surface area contributed by atoms with Crippen LogP contribution < -0.4 is 5.32 Å². The molecule has 0 aliphatic carbocycles. The van der Waals surface area contributed by atoms with E-state index in [0.29, 0.717) is 12.0 Å². The maximum Gasteiger partial charge on any atom is 0.307 e. The minimum atomic E-state index is -0.311. The van der Waals surface area contributed by atoms with E-state index >= 15 is 0 Å². The molecule has 16 heavy (non-hydrogen) atoms. The Morgan fingerprint density at radius 3 is 2.94 bits per heavy atom. The highest BCUT2D eigenvalue weighted by Gasteiger charge is 2.05. The maximum atomic E-state index is 11.4. The Labute approximate surface area is 93.8 Å². The Hall–Kier alpha value is -1.91. The summed E-state index contributed by atoms with van der Waals surface area (Å²) >= 11 is 0. The molecule has 0 unspecified atom stereocenters. The third-order valence-corrected chi connectivity index (χ3v) is 1.84. The van der Waals surface area contributed by atoms with Crippen molar-refractivity contribution in [3.8, 4) is 0 Å². The first-order chi connectivity index (χ1) is 7.74. The summed E-state index contributed by atoms with van der Waals surface area (Å²) in [7, 11) is 0. The molecule has 1 amide bonds. The van der Waals surface area contributed by atoms with E-state index in [4.69, 9.17) is 4.74 Å². The van der Waals surface area contributed by atoms with Gasteiger partial charge in [-0.25, -0.2) is 0 Å². The summed E-state index contributed by atoms with van der Waals surface area (Å²) in [4.78, 5) is 26.2. The monoisotopic (exact) mass is 222 g/mol. The summed E-state index contributed by atoms with van der Waals surface area (Å²) in [5.74, 6) is -0.619. The van der Waals surface area contributed by atoms with Crippen LogP contribution in [-0.2, 0) is 9.53 Å². The highest BCUT2D eigenvalue weighted by molar-refractivity contribution is 5.93. The highest BCUT2D eigenvalue weighted by atomic mass is 16.5. The quantitative estimate of drug-likeness (QED) is 0.598. The van der Waals surface area contributed by atoms with Gasteiger partial charge in [-0.2, -0.15) is 0 Å². The normalized spacial score (nSPS) is 9.56. The zero-order valence-corrected chi connectivity index (χ0v) is 9.10. The molecular weight excluding hydrogens is 208 g/mol. The third kappa shape index (κ3) is 4.08. The molecule has 0 radical (unpaired) electrons. The van der Waals surface area contributed by atoms with Gasteiger partial charge in [-0.1, -0.05) is 6.92 Å². The molecule has 1 aromatic heterocycles. The molecule has 5 nitrogen and oxygen atoms in total. The van der Waals surface area contributed by atoms with Gasteiger partial charge in [-0.3, -0.25) is 14.6 Å². The molecule has 0 fully saturated rings. The Kier molecular flexibility index (Phi) is 4.98. The van der Waals surface area contributed by atoms with Crippen LogP contribution in [0.25, 0.3) is 0 Å². The van der Waals surface area contributed by atoms with Crippen molar-refractivity contribution in [1.29, 1.82) is 0 Å². The van der Waals surface area contributed by atoms with Crippen molar-refractivity contribution in [3.63, 3.8) is 0 Å². The molecule has 1 heterocycles. The van der Waals surface area contributed by atoms with E-state index in [2.05, 4.69) is 10.3 Å². The van der Waals surface area contributed by atoms with Gasteiger partial charge >= 0.3 is 5.97 Å². The number of carbonyl (C=O) groups is 2. The van der Waals surface area contributed by atoms with Crippen LogP contribution in [0.5, 0.6) is 0 Å². The van der Waals surface area contributed by atoms with Gasteiger partial charge in [-0.15, -0.1) is 0 Å². The second-order valence-electron chi connectivity index (χ2n) is 3.16. The lowest BCUT2D eigenvalue weighted by atomic mass is 10.3. The molecule has 0 atom stereocenters. The van der Waals surface area contributed by atoms with E-state index in [1.807, 2.05) is 6.92 Å². The van der Waals surface area contributed by atoms with Crippen LogP contribution in [0.3, 0.4) is 0 Å². The predicted molar refractivity (Wildman–Crippen MR) is 57.6 cm³/mol. The molecule has 0 aliphatic heterocycles. The molecular formula is C11H14N2O3. The number of nitrogens with one attached hydrogen (secondary N) is 1. The second-order valence-corrected chi connectivity index (χ2v) is 3.16. The lowest BCUT2D eigenvalue weighted by molar-refractivity contribution is -0.144. The van der Waals surface area contributed by atoms with Crippen LogP contribution in [0.15, 0.2) is 24.5 Å². The number of rotatable bonds is 5. The Morgan fingerprint density at radius 2 is 2.31 bits per heavy atom. The van der Waals surface area contributed by atoms with Crippen LogP contribution in [0.2, 0.25) is 0 Å². The number of pyridine rings is 1. The van der Waals surface area contributed by atoms with Crippen molar-refractivity contribution in [3.05, 3.63) is 30.1 Å². The molecule has 1 rings (SSSR count). The number of carbonyl (C=O) groups excluding carboxylic acids is 2. The number of hydrogen-bond donors (Lipinski definition) is 1. The Morgan fingerprint density at radius 1 is 1.50 bits per heavy atom. The average molecular weight is 222 g/mol.